The third-order valence-electron chi connectivity index (χ3n) is 6.32. The number of hydrogen-bond donors (Lipinski definition) is 1. The van der Waals surface area contributed by atoms with Gasteiger partial charge in [-0.2, -0.15) is 0 Å². The van der Waals surface area contributed by atoms with Gasteiger partial charge in [0.2, 0.25) is 0 Å². The van der Waals surface area contributed by atoms with Gasteiger partial charge < -0.3 is 24.9 Å². The maximum absolute atomic E-state index is 4.72. The Hall–Kier alpha value is -2.80. The summed E-state index contributed by atoms with van der Waals surface area (Å²) in [6, 6.07) is 15.0. The molecule has 0 unspecified atom stereocenters. The van der Waals surface area contributed by atoms with Gasteiger partial charge in [-0.15, -0.1) is 0 Å². The van der Waals surface area contributed by atoms with Gasteiger partial charge in [0.15, 0.2) is 5.96 Å². The van der Waals surface area contributed by atoms with E-state index < -0.39 is 0 Å². The second kappa shape index (κ2) is 10.5. The number of rotatable bonds is 5. The van der Waals surface area contributed by atoms with E-state index in [1.165, 1.54) is 11.3 Å². The average Bonchev–Trinajstić information content (AvgIpc) is 2.86. The smallest absolute Gasteiger partial charge is 0.194 e. The number of aromatic nitrogens is 1. The number of para-hydroxylation sites is 1. The minimum absolute atomic E-state index is 0.739. The molecule has 4 rings (SSSR count). The molecule has 1 N–H and O–H groups in total. The van der Waals surface area contributed by atoms with Crippen LogP contribution in [0.5, 0.6) is 0 Å². The fraction of sp³-hybridized carbons (Fsp3) is 0.500. The summed E-state index contributed by atoms with van der Waals surface area (Å²) in [6.45, 7) is 12.4. The van der Waals surface area contributed by atoms with Crippen LogP contribution < -0.4 is 15.1 Å². The predicted molar refractivity (Wildman–Crippen MR) is 129 cm³/mol. The summed E-state index contributed by atoms with van der Waals surface area (Å²) in [7, 11) is 1.86. The number of benzene rings is 1. The van der Waals surface area contributed by atoms with Crippen molar-refractivity contribution in [1.82, 2.24) is 20.1 Å². The monoisotopic (exact) mass is 421 g/mol. The first-order valence-corrected chi connectivity index (χ1v) is 11.4. The molecule has 1 aromatic carbocycles. The molecule has 0 atom stereocenters. The number of pyridine rings is 1. The number of hydrogen-bond acceptors (Lipinski definition) is 5. The molecule has 3 heterocycles. The second-order valence-electron chi connectivity index (χ2n) is 8.16. The minimum Gasteiger partial charge on any atom is -0.368 e. The van der Waals surface area contributed by atoms with E-state index in [0.29, 0.717) is 0 Å². The number of nitrogens with zero attached hydrogens (tertiary/aromatic N) is 6. The van der Waals surface area contributed by atoms with Crippen molar-refractivity contribution >= 4 is 17.5 Å². The summed E-state index contributed by atoms with van der Waals surface area (Å²) >= 11 is 0. The molecule has 1 aromatic heterocycles. The molecule has 2 fully saturated rings. The van der Waals surface area contributed by atoms with Gasteiger partial charge in [-0.3, -0.25) is 4.99 Å². The highest BCUT2D eigenvalue weighted by Gasteiger charge is 2.20. The van der Waals surface area contributed by atoms with Crippen LogP contribution in [-0.4, -0.2) is 86.7 Å². The van der Waals surface area contributed by atoms with E-state index in [2.05, 4.69) is 79.3 Å². The first-order valence-electron chi connectivity index (χ1n) is 11.4. The summed E-state index contributed by atoms with van der Waals surface area (Å²) in [5, 5.41) is 3.52. The fourth-order valence-corrected chi connectivity index (χ4v) is 4.33. The fourth-order valence-electron chi connectivity index (χ4n) is 4.33. The summed E-state index contributed by atoms with van der Waals surface area (Å²) in [5.74, 6) is 2.05. The number of aliphatic imine (C=N–C) groups is 1. The topological polar surface area (TPSA) is 50.2 Å². The van der Waals surface area contributed by atoms with Crippen molar-refractivity contribution < 1.29 is 0 Å². The molecule has 0 spiro atoms. The van der Waals surface area contributed by atoms with Crippen molar-refractivity contribution in [1.29, 1.82) is 0 Å². The molecular weight excluding hydrogens is 386 g/mol. The summed E-state index contributed by atoms with van der Waals surface area (Å²) in [6.07, 6.45) is 2.00. The van der Waals surface area contributed by atoms with Gasteiger partial charge in [-0.05, 0) is 30.3 Å². The van der Waals surface area contributed by atoms with Crippen LogP contribution in [0.2, 0.25) is 0 Å². The Morgan fingerprint density at radius 1 is 0.903 bits per heavy atom. The number of likely N-dealkylation sites (N-methyl/N-ethyl adjacent to an activating group) is 1. The molecule has 0 saturated carbocycles. The highest BCUT2D eigenvalue weighted by atomic mass is 15.3. The average molecular weight is 422 g/mol. The Kier molecular flexibility index (Phi) is 7.25. The third kappa shape index (κ3) is 5.47. The van der Waals surface area contributed by atoms with Crippen molar-refractivity contribution in [2.75, 3.05) is 75.8 Å². The predicted octanol–water partition coefficient (Wildman–Crippen LogP) is 2.12. The Balaban J connectivity index is 1.25. The van der Waals surface area contributed by atoms with Crippen LogP contribution in [0, 0.1) is 0 Å². The third-order valence-corrected chi connectivity index (χ3v) is 6.32. The van der Waals surface area contributed by atoms with Crippen LogP contribution in [0.3, 0.4) is 0 Å². The van der Waals surface area contributed by atoms with E-state index >= 15 is 0 Å². The Morgan fingerprint density at radius 2 is 1.61 bits per heavy atom. The molecule has 2 aromatic rings. The van der Waals surface area contributed by atoms with E-state index in [1.807, 2.05) is 13.2 Å². The lowest BCUT2D eigenvalue weighted by Crippen LogP contribution is -2.52. The molecule has 2 aliphatic rings. The SMILES string of the molecule is CCN1CCN(c2ccc(CNC(=NC)N3CCN(c4ccccc4)CC3)cn2)CC1. The van der Waals surface area contributed by atoms with Crippen LogP contribution >= 0.6 is 0 Å². The molecule has 2 saturated heterocycles. The summed E-state index contributed by atoms with van der Waals surface area (Å²) < 4.78 is 0. The highest BCUT2D eigenvalue weighted by molar-refractivity contribution is 5.80. The first-order chi connectivity index (χ1) is 15.3. The van der Waals surface area contributed by atoms with Crippen molar-refractivity contribution in [3.63, 3.8) is 0 Å². The van der Waals surface area contributed by atoms with Gasteiger partial charge in [0, 0.05) is 77.8 Å². The van der Waals surface area contributed by atoms with E-state index in [4.69, 9.17) is 4.98 Å². The zero-order valence-corrected chi connectivity index (χ0v) is 18.9. The molecule has 0 radical (unpaired) electrons. The van der Waals surface area contributed by atoms with E-state index in [-0.39, 0.29) is 0 Å². The molecule has 0 amide bonds. The largest absolute Gasteiger partial charge is 0.368 e. The molecule has 0 aliphatic carbocycles. The molecule has 2 aliphatic heterocycles. The molecule has 7 heteroatoms. The van der Waals surface area contributed by atoms with Crippen LogP contribution in [0.25, 0.3) is 0 Å². The van der Waals surface area contributed by atoms with Gasteiger partial charge >= 0.3 is 0 Å². The van der Waals surface area contributed by atoms with Crippen molar-refractivity contribution in [2.24, 2.45) is 4.99 Å². The van der Waals surface area contributed by atoms with Gasteiger partial charge in [0.05, 0.1) is 0 Å². The molecular formula is C24H35N7. The van der Waals surface area contributed by atoms with E-state index in [9.17, 15) is 0 Å². The maximum atomic E-state index is 4.72. The lowest BCUT2D eigenvalue weighted by molar-refractivity contribution is 0.270. The number of piperazine rings is 2. The van der Waals surface area contributed by atoms with Gasteiger partial charge in [-0.25, -0.2) is 4.98 Å². The quantitative estimate of drug-likeness (QED) is 0.590. The Morgan fingerprint density at radius 3 is 2.23 bits per heavy atom. The zero-order valence-electron chi connectivity index (χ0n) is 18.9. The van der Waals surface area contributed by atoms with Gasteiger partial charge in [-0.1, -0.05) is 31.2 Å². The summed E-state index contributed by atoms with van der Waals surface area (Å²) in [4.78, 5) is 18.9. The Labute approximate surface area is 186 Å². The van der Waals surface area contributed by atoms with Crippen LogP contribution in [0.15, 0.2) is 53.7 Å². The number of guanidine groups is 1. The molecule has 7 nitrogen and oxygen atoms in total. The first kappa shape index (κ1) is 21.4. The molecule has 0 bridgehead atoms. The standard InChI is InChI=1S/C24H35N7/c1-3-28-11-13-30(14-12-28)23-10-9-21(19-26-23)20-27-24(25-2)31-17-15-29(16-18-31)22-7-5-4-6-8-22/h4-10,19H,3,11-18,20H2,1-2H3,(H,25,27). The van der Waals surface area contributed by atoms with Gasteiger partial charge in [0.25, 0.3) is 0 Å². The second-order valence-corrected chi connectivity index (χ2v) is 8.16. The maximum Gasteiger partial charge on any atom is 0.194 e. The molecule has 166 valence electrons. The Bertz CT molecular complexity index is 821. The van der Waals surface area contributed by atoms with E-state index in [0.717, 1.165) is 77.2 Å². The van der Waals surface area contributed by atoms with Crippen molar-refractivity contribution in [2.45, 2.75) is 13.5 Å². The number of anilines is 2. The lowest BCUT2D eigenvalue weighted by atomic mass is 10.2. The van der Waals surface area contributed by atoms with Gasteiger partial charge in [0.1, 0.15) is 5.82 Å². The zero-order chi connectivity index (χ0) is 21.5. The van der Waals surface area contributed by atoms with Crippen molar-refractivity contribution in [3.8, 4) is 0 Å². The van der Waals surface area contributed by atoms with Crippen LogP contribution in [0.4, 0.5) is 11.5 Å². The summed E-state index contributed by atoms with van der Waals surface area (Å²) in [5.41, 5.74) is 2.48. The lowest BCUT2D eigenvalue weighted by Gasteiger charge is -2.37. The minimum atomic E-state index is 0.739. The van der Waals surface area contributed by atoms with E-state index in [1.54, 1.807) is 0 Å². The highest BCUT2D eigenvalue weighted by Crippen LogP contribution is 2.16. The van der Waals surface area contributed by atoms with Crippen molar-refractivity contribution in [3.05, 3.63) is 54.2 Å². The van der Waals surface area contributed by atoms with Crippen LogP contribution in [0.1, 0.15) is 12.5 Å². The number of nitrogens with one attached hydrogen (secondary N) is 1. The molecule has 31 heavy (non-hydrogen) atoms. The normalized spacial score (nSPS) is 18.4. The van der Waals surface area contributed by atoms with Crippen LogP contribution in [-0.2, 0) is 6.54 Å².